The minimum Gasteiger partial charge on any atom is -0.378 e. The molecule has 0 amide bonds. The first-order valence-electron chi connectivity index (χ1n) is 4.97. The van der Waals surface area contributed by atoms with Crippen molar-refractivity contribution in [1.82, 2.24) is 9.97 Å². The van der Waals surface area contributed by atoms with Gasteiger partial charge in [-0.05, 0) is 41.4 Å². The monoisotopic (exact) mass is 320 g/mol. The van der Waals surface area contributed by atoms with Gasteiger partial charge in [0.15, 0.2) is 0 Å². The first kappa shape index (κ1) is 11.1. The SMILES string of the molecule is COCc1nc(CC2CC2)[nH]c(=O)c1I. The van der Waals surface area contributed by atoms with E-state index in [9.17, 15) is 4.79 Å². The van der Waals surface area contributed by atoms with Crippen LogP contribution in [0.5, 0.6) is 0 Å². The summed E-state index contributed by atoms with van der Waals surface area (Å²) in [6.07, 6.45) is 3.41. The zero-order chi connectivity index (χ0) is 10.8. The molecule has 0 radical (unpaired) electrons. The molecule has 1 aromatic rings. The number of hydrogen-bond donors (Lipinski definition) is 1. The van der Waals surface area contributed by atoms with Crippen LogP contribution in [0.3, 0.4) is 0 Å². The van der Waals surface area contributed by atoms with Crippen molar-refractivity contribution in [2.45, 2.75) is 25.9 Å². The van der Waals surface area contributed by atoms with Crippen molar-refractivity contribution in [2.75, 3.05) is 7.11 Å². The van der Waals surface area contributed by atoms with Crippen LogP contribution < -0.4 is 5.56 Å². The highest BCUT2D eigenvalue weighted by molar-refractivity contribution is 14.1. The van der Waals surface area contributed by atoms with Crippen LogP contribution in [0.15, 0.2) is 4.79 Å². The summed E-state index contributed by atoms with van der Waals surface area (Å²) in [6, 6.07) is 0. The maximum atomic E-state index is 11.6. The molecule has 0 aliphatic heterocycles. The number of methoxy groups -OCH3 is 1. The molecule has 0 aromatic carbocycles. The molecule has 0 atom stereocenters. The van der Waals surface area contributed by atoms with E-state index in [0.29, 0.717) is 10.2 Å². The van der Waals surface area contributed by atoms with Gasteiger partial charge in [-0.25, -0.2) is 4.98 Å². The van der Waals surface area contributed by atoms with Gasteiger partial charge < -0.3 is 9.72 Å². The summed E-state index contributed by atoms with van der Waals surface area (Å²) in [5.41, 5.74) is 0.700. The van der Waals surface area contributed by atoms with Gasteiger partial charge in [0.25, 0.3) is 5.56 Å². The van der Waals surface area contributed by atoms with E-state index in [1.165, 1.54) is 12.8 Å². The average Bonchev–Trinajstić information content (AvgIpc) is 2.98. The standard InChI is InChI=1S/C10H13IN2O2/c1-15-5-7-9(11)10(14)13-8(12-7)4-6-2-3-6/h6H,2-5H2,1H3,(H,12,13,14). The molecule has 2 rings (SSSR count). The molecule has 1 aliphatic rings. The fourth-order valence-electron chi connectivity index (χ4n) is 1.48. The second-order valence-corrected chi connectivity index (χ2v) is 4.93. The van der Waals surface area contributed by atoms with E-state index in [0.717, 1.165) is 23.9 Å². The number of hydrogen-bond acceptors (Lipinski definition) is 3. The lowest BCUT2D eigenvalue weighted by Crippen LogP contribution is -2.18. The number of aromatic amines is 1. The summed E-state index contributed by atoms with van der Waals surface area (Å²) in [5.74, 6) is 1.53. The molecule has 15 heavy (non-hydrogen) atoms. The highest BCUT2D eigenvalue weighted by atomic mass is 127. The minimum absolute atomic E-state index is 0.0479. The Bertz CT molecular complexity index is 412. The fourth-order valence-corrected chi connectivity index (χ4v) is 1.89. The zero-order valence-electron chi connectivity index (χ0n) is 8.55. The second-order valence-electron chi connectivity index (χ2n) is 3.85. The Hall–Kier alpha value is -0.430. The fraction of sp³-hybridized carbons (Fsp3) is 0.600. The third kappa shape index (κ3) is 2.78. The van der Waals surface area contributed by atoms with Crippen LogP contribution in [-0.4, -0.2) is 17.1 Å². The van der Waals surface area contributed by atoms with E-state index in [1.54, 1.807) is 7.11 Å². The number of nitrogens with one attached hydrogen (secondary N) is 1. The summed E-state index contributed by atoms with van der Waals surface area (Å²) < 4.78 is 5.65. The molecule has 0 unspecified atom stereocenters. The van der Waals surface area contributed by atoms with Crippen LogP contribution in [0.25, 0.3) is 0 Å². The molecule has 1 aromatic heterocycles. The van der Waals surface area contributed by atoms with Gasteiger partial charge in [0.1, 0.15) is 9.39 Å². The zero-order valence-corrected chi connectivity index (χ0v) is 10.7. The lowest BCUT2D eigenvalue weighted by atomic mass is 10.2. The van der Waals surface area contributed by atoms with Gasteiger partial charge in [0, 0.05) is 13.5 Å². The third-order valence-corrected chi connectivity index (χ3v) is 3.55. The van der Waals surface area contributed by atoms with E-state index in [-0.39, 0.29) is 5.56 Å². The van der Waals surface area contributed by atoms with Crippen molar-refractivity contribution in [3.8, 4) is 0 Å². The average molecular weight is 320 g/mol. The summed E-state index contributed by atoms with van der Waals surface area (Å²) in [7, 11) is 1.61. The molecule has 1 fully saturated rings. The number of H-pyrrole nitrogens is 1. The van der Waals surface area contributed by atoms with Crippen LogP contribution >= 0.6 is 22.6 Å². The molecular weight excluding hydrogens is 307 g/mol. The number of rotatable bonds is 4. The van der Waals surface area contributed by atoms with Gasteiger partial charge in [-0.1, -0.05) is 0 Å². The van der Waals surface area contributed by atoms with Crippen molar-refractivity contribution < 1.29 is 4.74 Å². The van der Waals surface area contributed by atoms with Crippen molar-refractivity contribution in [1.29, 1.82) is 0 Å². The Labute approximate surface area is 102 Å². The molecule has 0 spiro atoms. The molecule has 1 saturated carbocycles. The topological polar surface area (TPSA) is 55.0 Å². The molecule has 82 valence electrons. The predicted molar refractivity (Wildman–Crippen MR) is 64.7 cm³/mol. The van der Waals surface area contributed by atoms with Gasteiger partial charge in [-0.3, -0.25) is 4.79 Å². The van der Waals surface area contributed by atoms with E-state index < -0.39 is 0 Å². The van der Waals surface area contributed by atoms with E-state index in [1.807, 2.05) is 22.6 Å². The molecule has 1 aliphatic carbocycles. The molecule has 1 N–H and O–H groups in total. The van der Waals surface area contributed by atoms with Crippen molar-refractivity contribution in [2.24, 2.45) is 5.92 Å². The van der Waals surface area contributed by atoms with Crippen molar-refractivity contribution in [3.05, 3.63) is 25.4 Å². The third-order valence-electron chi connectivity index (χ3n) is 2.44. The number of halogens is 1. The van der Waals surface area contributed by atoms with Crippen LogP contribution in [0.2, 0.25) is 0 Å². The Morgan fingerprint density at radius 3 is 2.93 bits per heavy atom. The Kier molecular flexibility index (Phi) is 3.40. The Balaban J connectivity index is 2.27. The first-order valence-corrected chi connectivity index (χ1v) is 6.05. The highest BCUT2D eigenvalue weighted by Gasteiger charge is 2.23. The van der Waals surface area contributed by atoms with Gasteiger partial charge >= 0.3 is 0 Å². The smallest absolute Gasteiger partial charge is 0.264 e. The molecule has 4 nitrogen and oxygen atoms in total. The first-order chi connectivity index (χ1) is 7.20. The van der Waals surface area contributed by atoms with Gasteiger partial charge in [0.05, 0.1) is 12.3 Å². The largest absolute Gasteiger partial charge is 0.378 e. The van der Waals surface area contributed by atoms with E-state index in [2.05, 4.69) is 9.97 Å². The van der Waals surface area contributed by atoms with Crippen molar-refractivity contribution in [3.63, 3.8) is 0 Å². The lowest BCUT2D eigenvalue weighted by Gasteiger charge is -2.05. The highest BCUT2D eigenvalue weighted by Crippen LogP contribution is 2.31. The van der Waals surface area contributed by atoms with Gasteiger partial charge in [-0.15, -0.1) is 0 Å². The van der Waals surface area contributed by atoms with Crippen molar-refractivity contribution >= 4 is 22.6 Å². The molecule has 0 bridgehead atoms. The molecular formula is C10H13IN2O2. The van der Waals surface area contributed by atoms with Crippen LogP contribution in [-0.2, 0) is 17.8 Å². The maximum absolute atomic E-state index is 11.6. The predicted octanol–water partition coefficient (Wildman–Crippen LogP) is 1.47. The molecule has 1 heterocycles. The van der Waals surface area contributed by atoms with Crippen LogP contribution in [0.1, 0.15) is 24.4 Å². The van der Waals surface area contributed by atoms with Gasteiger partial charge in [0.2, 0.25) is 0 Å². The van der Waals surface area contributed by atoms with Crippen LogP contribution in [0.4, 0.5) is 0 Å². The minimum atomic E-state index is -0.0479. The number of nitrogens with zero attached hydrogens (tertiary/aromatic N) is 1. The molecule has 0 saturated heterocycles. The summed E-state index contributed by atoms with van der Waals surface area (Å²) in [6.45, 7) is 0.403. The molecule has 5 heteroatoms. The number of ether oxygens (including phenoxy) is 1. The lowest BCUT2D eigenvalue weighted by molar-refractivity contribution is 0.180. The summed E-state index contributed by atoms with van der Waals surface area (Å²) in [5, 5.41) is 0. The van der Waals surface area contributed by atoms with E-state index >= 15 is 0 Å². The van der Waals surface area contributed by atoms with Gasteiger partial charge in [-0.2, -0.15) is 0 Å². The summed E-state index contributed by atoms with van der Waals surface area (Å²) in [4.78, 5) is 18.8. The maximum Gasteiger partial charge on any atom is 0.264 e. The second kappa shape index (κ2) is 4.61. The Morgan fingerprint density at radius 2 is 2.33 bits per heavy atom. The van der Waals surface area contributed by atoms with Crippen LogP contribution in [0, 0.1) is 9.49 Å². The number of aromatic nitrogens is 2. The summed E-state index contributed by atoms with van der Waals surface area (Å²) >= 11 is 2.01. The van der Waals surface area contributed by atoms with E-state index in [4.69, 9.17) is 4.74 Å². The Morgan fingerprint density at radius 1 is 1.60 bits per heavy atom. The normalized spacial score (nSPS) is 15.6. The quantitative estimate of drug-likeness (QED) is 0.855.